The molecule has 0 aliphatic rings. The second kappa shape index (κ2) is 10.4. The summed E-state index contributed by atoms with van der Waals surface area (Å²) in [4.78, 5) is 0. The molecule has 0 fully saturated rings. The molecular formula is C50H28N2OS. The summed E-state index contributed by atoms with van der Waals surface area (Å²) in [7, 11) is 0. The van der Waals surface area contributed by atoms with Gasteiger partial charge in [-0.25, -0.2) is 0 Å². The van der Waals surface area contributed by atoms with E-state index in [0.717, 1.165) is 27.6 Å². The number of benzene rings is 9. The van der Waals surface area contributed by atoms with Crippen LogP contribution in [0.5, 0.6) is 0 Å². The van der Waals surface area contributed by atoms with E-state index in [1.54, 1.807) is 0 Å². The molecule has 0 radical (unpaired) electrons. The topological polar surface area (TPSA) is 23.0 Å². The quantitative estimate of drug-likeness (QED) is 0.168. The lowest BCUT2D eigenvalue weighted by Gasteiger charge is -2.11. The van der Waals surface area contributed by atoms with E-state index in [4.69, 9.17) is 4.42 Å². The zero-order valence-corrected chi connectivity index (χ0v) is 29.7. The molecule has 13 rings (SSSR count). The Morgan fingerprint density at radius 1 is 0.370 bits per heavy atom. The smallest absolute Gasteiger partial charge is 0.135 e. The van der Waals surface area contributed by atoms with Gasteiger partial charge < -0.3 is 13.6 Å². The highest BCUT2D eigenvalue weighted by atomic mass is 32.1. The van der Waals surface area contributed by atoms with Crippen LogP contribution < -0.4 is 0 Å². The first kappa shape index (κ1) is 28.7. The van der Waals surface area contributed by atoms with Crippen molar-refractivity contribution in [3.05, 3.63) is 170 Å². The summed E-state index contributed by atoms with van der Waals surface area (Å²) in [6, 6.07) is 62.4. The summed E-state index contributed by atoms with van der Waals surface area (Å²) < 4.78 is 13.7. The van der Waals surface area contributed by atoms with Crippen molar-refractivity contribution in [2.45, 2.75) is 0 Å². The molecule has 3 nitrogen and oxygen atoms in total. The molecule has 4 heteroatoms. The van der Waals surface area contributed by atoms with Crippen molar-refractivity contribution in [3.63, 3.8) is 0 Å². The van der Waals surface area contributed by atoms with Gasteiger partial charge >= 0.3 is 0 Å². The fourth-order valence-corrected chi connectivity index (χ4v) is 10.4. The first-order valence-electron chi connectivity index (χ1n) is 18.4. The average molecular weight is 705 g/mol. The Hall–Kier alpha value is -6.88. The molecule has 0 aliphatic heterocycles. The molecule has 9 aromatic carbocycles. The van der Waals surface area contributed by atoms with Gasteiger partial charge in [-0.1, -0.05) is 91.0 Å². The van der Waals surface area contributed by atoms with Crippen LogP contribution in [0.15, 0.2) is 174 Å². The third kappa shape index (κ3) is 3.75. The first-order chi connectivity index (χ1) is 26.8. The second-order valence-electron chi connectivity index (χ2n) is 14.5. The lowest BCUT2D eigenvalue weighted by molar-refractivity contribution is 0.669. The minimum absolute atomic E-state index is 0.910. The molecule has 0 spiro atoms. The number of para-hydroxylation sites is 2. The minimum Gasteiger partial charge on any atom is -0.456 e. The molecule has 250 valence electrons. The summed E-state index contributed by atoms with van der Waals surface area (Å²) in [5.41, 5.74) is 11.5. The van der Waals surface area contributed by atoms with Crippen molar-refractivity contribution in [3.8, 4) is 22.5 Å². The van der Waals surface area contributed by atoms with Crippen molar-refractivity contribution in [1.82, 2.24) is 9.13 Å². The Labute approximate surface area is 312 Å². The number of furan rings is 1. The predicted octanol–water partition coefficient (Wildman–Crippen LogP) is 14.4. The number of rotatable bonds is 3. The molecule has 0 bridgehead atoms. The van der Waals surface area contributed by atoms with E-state index in [0.29, 0.717) is 0 Å². The second-order valence-corrected chi connectivity index (χ2v) is 15.6. The molecule has 0 aliphatic carbocycles. The number of aromatic nitrogens is 2. The number of hydrogen-bond acceptors (Lipinski definition) is 2. The predicted molar refractivity (Wildman–Crippen MR) is 229 cm³/mol. The summed E-state index contributed by atoms with van der Waals surface area (Å²) in [5.74, 6) is 0. The van der Waals surface area contributed by atoms with Crippen molar-refractivity contribution < 1.29 is 4.42 Å². The van der Waals surface area contributed by atoms with Crippen LogP contribution in [0.3, 0.4) is 0 Å². The van der Waals surface area contributed by atoms with Gasteiger partial charge in [-0.2, -0.15) is 0 Å². The maximum absolute atomic E-state index is 6.21. The summed E-state index contributed by atoms with van der Waals surface area (Å²) in [6.45, 7) is 0. The number of fused-ring (bicyclic) bond motifs is 9. The SMILES string of the molecule is c1ccc2c(c1)oc1ccc(-n3c4cccc5ccc6c(-c7ccc8c(c7)c7ccccc7n8-c7ccc8sc9ccccc9c8c7)ccc3c6c54)cc12. The summed E-state index contributed by atoms with van der Waals surface area (Å²) >= 11 is 1.86. The Morgan fingerprint density at radius 3 is 2.00 bits per heavy atom. The molecule has 0 saturated carbocycles. The molecule has 4 aromatic heterocycles. The molecule has 0 N–H and O–H groups in total. The normalized spacial score (nSPS) is 12.4. The van der Waals surface area contributed by atoms with Crippen LogP contribution >= 0.6 is 11.3 Å². The van der Waals surface area contributed by atoms with Gasteiger partial charge in [0.2, 0.25) is 0 Å². The Kier molecular flexibility index (Phi) is 5.51. The van der Waals surface area contributed by atoms with Crippen LogP contribution in [-0.4, -0.2) is 9.13 Å². The fraction of sp³-hybridized carbons (Fsp3) is 0. The van der Waals surface area contributed by atoms with Crippen LogP contribution in [0.2, 0.25) is 0 Å². The lowest BCUT2D eigenvalue weighted by Crippen LogP contribution is -1.94. The number of thiophene rings is 1. The maximum Gasteiger partial charge on any atom is 0.135 e. The highest BCUT2D eigenvalue weighted by Gasteiger charge is 2.21. The molecule has 13 aromatic rings. The van der Waals surface area contributed by atoms with Gasteiger partial charge in [0.15, 0.2) is 0 Å². The van der Waals surface area contributed by atoms with Crippen molar-refractivity contribution in [1.29, 1.82) is 0 Å². The van der Waals surface area contributed by atoms with Gasteiger partial charge in [-0.05, 0) is 101 Å². The maximum atomic E-state index is 6.21. The van der Waals surface area contributed by atoms with Gasteiger partial charge in [-0.15, -0.1) is 11.3 Å². The first-order valence-corrected chi connectivity index (χ1v) is 19.2. The Bertz CT molecular complexity index is 3690. The van der Waals surface area contributed by atoms with Gasteiger partial charge in [0, 0.05) is 63.9 Å². The monoisotopic (exact) mass is 704 g/mol. The van der Waals surface area contributed by atoms with Crippen LogP contribution in [0.1, 0.15) is 0 Å². The van der Waals surface area contributed by atoms with E-state index in [1.165, 1.54) is 91.4 Å². The van der Waals surface area contributed by atoms with Crippen LogP contribution in [0.4, 0.5) is 0 Å². The van der Waals surface area contributed by atoms with E-state index in [1.807, 2.05) is 23.5 Å². The van der Waals surface area contributed by atoms with E-state index < -0.39 is 0 Å². The number of nitrogens with zero attached hydrogens (tertiary/aromatic N) is 2. The van der Waals surface area contributed by atoms with Crippen molar-refractivity contribution in [2.24, 2.45) is 0 Å². The zero-order chi connectivity index (χ0) is 35.1. The minimum atomic E-state index is 0.910. The average Bonchev–Trinajstić information content (AvgIpc) is 3.97. The zero-order valence-electron chi connectivity index (χ0n) is 28.9. The largest absolute Gasteiger partial charge is 0.456 e. The van der Waals surface area contributed by atoms with Crippen molar-refractivity contribution >= 4 is 108 Å². The number of hydrogen-bond donors (Lipinski definition) is 0. The van der Waals surface area contributed by atoms with Crippen LogP contribution in [-0.2, 0) is 0 Å². The van der Waals surface area contributed by atoms with E-state index >= 15 is 0 Å². The lowest BCUT2D eigenvalue weighted by atomic mass is 9.94. The summed E-state index contributed by atoms with van der Waals surface area (Å²) in [5, 5.41) is 12.6. The van der Waals surface area contributed by atoms with Crippen molar-refractivity contribution in [2.75, 3.05) is 0 Å². The standard InChI is InChI=1S/C50H28N2OS/c1-4-12-41-34(9-1)38-26-30(17-22-42(38)51(41)32-19-25-48-40(28-32)36-11-3-6-15-47(36)54-48)33-21-23-44-50-37(33)20-16-29-8-7-13-43(49(29)50)52(44)31-18-24-46-39(27-31)35-10-2-5-14-45(35)53-46/h1-28H. The van der Waals surface area contributed by atoms with E-state index in [2.05, 4.69) is 167 Å². The van der Waals surface area contributed by atoms with Gasteiger partial charge in [0.05, 0.1) is 22.1 Å². The molecule has 4 heterocycles. The van der Waals surface area contributed by atoms with E-state index in [9.17, 15) is 0 Å². The Balaban J connectivity index is 1.03. The van der Waals surface area contributed by atoms with Gasteiger partial charge in [0.1, 0.15) is 11.2 Å². The molecule has 0 unspecified atom stereocenters. The van der Waals surface area contributed by atoms with E-state index in [-0.39, 0.29) is 0 Å². The van der Waals surface area contributed by atoms with Crippen LogP contribution in [0, 0.1) is 0 Å². The third-order valence-electron chi connectivity index (χ3n) is 11.7. The molecule has 0 amide bonds. The molecule has 54 heavy (non-hydrogen) atoms. The van der Waals surface area contributed by atoms with Gasteiger partial charge in [0.25, 0.3) is 0 Å². The van der Waals surface area contributed by atoms with Gasteiger partial charge in [-0.3, -0.25) is 0 Å². The highest BCUT2D eigenvalue weighted by Crippen LogP contribution is 2.45. The third-order valence-corrected chi connectivity index (χ3v) is 12.8. The van der Waals surface area contributed by atoms with Crippen LogP contribution in [0.25, 0.3) is 119 Å². The molecule has 0 atom stereocenters. The highest BCUT2D eigenvalue weighted by molar-refractivity contribution is 7.25. The molecule has 0 saturated heterocycles. The Morgan fingerprint density at radius 2 is 1.06 bits per heavy atom. The summed E-state index contributed by atoms with van der Waals surface area (Å²) in [6.07, 6.45) is 0. The fourth-order valence-electron chi connectivity index (χ4n) is 9.34. The molecular weight excluding hydrogens is 677 g/mol.